The molecule has 0 heterocycles. The number of aliphatic imine (C=N–C) groups is 1. The maximum atomic E-state index is 9.41. The molecule has 6 N–H and O–H groups in total. The van der Waals surface area contributed by atoms with E-state index >= 15 is 0 Å². The highest BCUT2D eigenvalue weighted by Crippen LogP contribution is 2.25. The van der Waals surface area contributed by atoms with Gasteiger partial charge in [0.05, 0.1) is 6.10 Å². The van der Waals surface area contributed by atoms with Gasteiger partial charge in [0.15, 0.2) is 0 Å². The van der Waals surface area contributed by atoms with Gasteiger partial charge in [-0.1, -0.05) is 6.42 Å². The Labute approximate surface area is 71.8 Å². The summed E-state index contributed by atoms with van der Waals surface area (Å²) in [6.07, 6.45) is 2.79. The Kier molecular flexibility index (Phi) is 3.31. The minimum Gasteiger partial charge on any atom is -0.393 e. The molecule has 12 heavy (non-hydrogen) atoms. The topological polar surface area (TPSA) is 96.7 Å². The summed E-state index contributed by atoms with van der Waals surface area (Å²) in [5.41, 5.74) is 7.58. The normalized spacial score (nSPS) is 30.7. The van der Waals surface area contributed by atoms with E-state index in [4.69, 9.17) is 11.6 Å². The molecule has 5 nitrogen and oxygen atoms in total. The van der Waals surface area contributed by atoms with E-state index in [0.29, 0.717) is 6.54 Å². The predicted molar refractivity (Wildman–Crippen MR) is 47.2 cm³/mol. The maximum Gasteiger partial charge on any atom is 0.203 e. The second kappa shape index (κ2) is 4.27. The third-order valence-corrected chi connectivity index (χ3v) is 2.26. The van der Waals surface area contributed by atoms with Crippen LogP contribution >= 0.6 is 0 Å². The van der Waals surface area contributed by atoms with E-state index in [-0.39, 0.29) is 18.0 Å². The summed E-state index contributed by atoms with van der Waals surface area (Å²) in [6.45, 7) is 0.567. The number of nitrogens with two attached hydrogens (primary N) is 2. The van der Waals surface area contributed by atoms with Gasteiger partial charge in [-0.3, -0.25) is 10.4 Å². The van der Waals surface area contributed by atoms with Crippen LogP contribution in [-0.4, -0.2) is 23.7 Å². The summed E-state index contributed by atoms with van der Waals surface area (Å²) in [7, 11) is 0. The molecule has 1 aliphatic rings. The Morgan fingerprint density at radius 3 is 2.83 bits per heavy atom. The predicted octanol–water partition coefficient (Wildman–Crippen LogP) is -1.07. The summed E-state index contributed by atoms with van der Waals surface area (Å²) < 4.78 is 0. The second-order valence-corrected chi connectivity index (χ2v) is 3.13. The van der Waals surface area contributed by atoms with Crippen molar-refractivity contribution < 1.29 is 5.11 Å². The van der Waals surface area contributed by atoms with Crippen molar-refractivity contribution in [3.8, 4) is 0 Å². The molecule has 0 amide bonds. The van der Waals surface area contributed by atoms with Gasteiger partial charge in [-0.15, -0.1) is 0 Å². The number of aliphatic hydroxyl groups is 1. The molecular formula is C7H16N4O. The Bertz CT molecular complexity index is 171. The van der Waals surface area contributed by atoms with E-state index in [1.165, 1.54) is 0 Å². The fourth-order valence-electron chi connectivity index (χ4n) is 1.49. The first-order valence-corrected chi connectivity index (χ1v) is 4.18. The quantitative estimate of drug-likeness (QED) is 0.184. The molecule has 2 atom stereocenters. The zero-order chi connectivity index (χ0) is 8.97. The Balaban J connectivity index is 2.31. The Hall–Kier alpha value is -0.810. The fourth-order valence-corrected chi connectivity index (χ4v) is 1.49. The highest BCUT2D eigenvalue weighted by Gasteiger charge is 2.24. The molecular weight excluding hydrogens is 156 g/mol. The Morgan fingerprint density at radius 2 is 2.33 bits per heavy atom. The van der Waals surface area contributed by atoms with Crippen molar-refractivity contribution in [3.05, 3.63) is 0 Å². The van der Waals surface area contributed by atoms with E-state index in [0.717, 1.165) is 19.3 Å². The molecule has 0 aromatic carbocycles. The van der Waals surface area contributed by atoms with Gasteiger partial charge in [0.25, 0.3) is 0 Å². The zero-order valence-electron chi connectivity index (χ0n) is 7.03. The monoisotopic (exact) mass is 172 g/mol. The molecule has 0 aliphatic heterocycles. The van der Waals surface area contributed by atoms with Crippen LogP contribution in [0.2, 0.25) is 0 Å². The molecule has 2 unspecified atom stereocenters. The maximum absolute atomic E-state index is 9.41. The summed E-state index contributed by atoms with van der Waals surface area (Å²) in [5, 5.41) is 9.41. The molecule has 1 aliphatic carbocycles. The summed E-state index contributed by atoms with van der Waals surface area (Å²) in [5.74, 6) is 5.51. The van der Waals surface area contributed by atoms with E-state index in [1.54, 1.807) is 0 Å². The average molecular weight is 172 g/mol. The molecule has 1 saturated carbocycles. The third-order valence-electron chi connectivity index (χ3n) is 2.26. The van der Waals surface area contributed by atoms with Crippen LogP contribution in [0.1, 0.15) is 19.3 Å². The lowest BCUT2D eigenvalue weighted by Crippen LogP contribution is -2.37. The highest BCUT2D eigenvalue weighted by atomic mass is 16.3. The molecule has 70 valence electrons. The van der Waals surface area contributed by atoms with E-state index in [1.807, 2.05) is 0 Å². The first-order valence-electron chi connectivity index (χ1n) is 4.18. The number of nitrogens with one attached hydrogen (secondary N) is 1. The first-order chi connectivity index (χ1) is 5.74. The molecule has 1 rings (SSSR count). The van der Waals surface area contributed by atoms with Crippen molar-refractivity contribution >= 4 is 5.96 Å². The lowest BCUT2D eigenvalue weighted by Gasteiger charge is -2.11. The average Bonchev–Trinajstić information content (AvgIpc) is 2.47. The van der Waals surface area contributed by atoms with Gasteiger partial charge in [-0.25, -0.2) is 5.84 Å². The second-order valence-electron chi connectivity index (χ2n) is 3.13. The van der Waals surface area contributed by atoms with Gasteiger partial charge in [-0.2, -0.15) is 0 Å². The van der Waals surface area contributed by atoms with Crippen molar-refractivity contribution in [2.24, 2.45) is 22.5 Å². The van der Waals surface area contributed by atoms with Crippen LogP contribution in [0.5, 0.6) is 0 Å². The van der Waals surface area contributed by atoms with E-state index < -0.39 is 0 Å². The van der Waals surface area contributed by atoms with Crippen LogP contribution in [0.3, 0.4) is 0 Å². The van der Waals surface area contributed by atoms with E-state index in [2.05, 4.69) is 10.4 Å². The van der Waals surface area contributed by atoms with Crippen LogP contribution in [-0.2, 0) is 0 Å². The SMILES string of the molecule is NNC(N)=NCC1CCCC1O. The van der Waals surface area contributed by atoms with Gasteiger partial charge >= 0.3 is 0 Å². The Morgan fingerprint density at radius 1 is 1.58 bits per heavy atom. The van der Waals surface area contributed by atoms with Gasteiger partial charge in [0.1, 0.15) is 0 Å². The van der Waals surface area contributed by atoms with Crippen LogP contribution in [0.15, 0.2) is 4.99 Å². The number of nitrogens with zero attached hydrogens (tertiary/aromatic N) is 1. The highest BCUT2D eigenvalue weighted by molar-refractivity contribution is 5.77. The standard InChI is InChI=1S/C7H16N4O/c8-7(11-9)10-4-5-2-1-3-6(5)12/h5-6,12H,1-4,9H2,(H3,8,10,11). The minimum absolute atomic E-state index is 0.209. The van der Waals surface area contributed by atoms with Crippen molar-refractivity contribution in [3.63, 3.8) is 0 Å². The van der Waals surface area contributed by atoms with Crippen molar-refractivity contribution in [2.75, 3.05) is 6.54 Å². The minimum atomic E-state index is -0.209. The summed E-state index contributed by atoms with van der Waals surface area (Å²) in [6, 6.07) is 0. The van der Waals surface area contributed by atoms with Crippen LogP contribution < -0.4 is 17.0 Å². The first kappa shape index (κ1) is 9.28. The largest absolute Gasteiger partial charge is 0.393 e. The van der Waals surface area contributed by atoms with Gasteiger partial charge in [0, 0.05) is 12.5 Å². The number of hydrazine groups is 1. The van der Waals surface area contributed by atoms with Gasteiger partial charge < -0.3 is 10.8 Å². The molecule has 0 saturated heterocycles. The van der Waals surface area contributed by atoms with Crippen molar-refractivity contribution in [1.82, 2.24) is 5.43 Å². The van der Waals surface area contributed by atoms with Crippen molar-refractivity contribution in [1.29, 1.82) is 0 Å². The molecule has 0 aromatic rings. The lowest BCUT2D eigenvalue weighted by molar-refractivity contribution is 0.136. The molecule has 5 heteroatoms. The van der Waals surface area contributed by atoms with Crippen LogP contribution in [0.25, 0.3) is 0 Å². The third kappa shape index (κ3) is 2.35. The summed E-state index contributed by atoms with van der Waals surface area (Å²) >= 11 is 0. The van der Waals surface area contributed by atoms with Crippen LogP contribution in [0, 0.1) is 5.92 Å². The molecule has 0 radical (unpaired) electrons. The lowest BCUT2D eigenvalue weighted by atomic mass is 10.1. The molecule has 0 aromatic heterocycles. The molecule has 1 fully saturated rings. The van der Waals surface area contributed by atoms with E-state index in [9.17, 15) is 5.11 Å². The molecule has 0 bridgehead atoms. The summed E-state index contributed by atoms with van der Waals surface area (Å²) in [4.78, 5) is 3.97. The van der Waals surface area contributed by atoms with Gasteiger partial charge in [-0.05, 0) is 12.8 Å². The smallest absolute Gasteiger partial charge is 0.203 e. The molecule has 0 spiro atoms. The number of aliphatic hydroxyl groups excluding tert-OH is 1. The number of hydrogen-bond donors (Lipinski definition) is 4. The number of rotatable bonds is 2. The number of guanidine groups is 1. The van der Waals surface area contributed by atoms with Crippen molar-refractivity contribution in [2.45, 2.75) is 25.4 Å². The number of hydrogen-bond acceptors (Lipinski definition) is 3. The van der Waals surface area contributed by atoms with Crippen LogP contribution in [0.4, 0.5) is 0 Å². The zero-order valence-corrected chi connectivity index (χ0v) is 7.03. The van der Waals surface area contributed by atoms with Gasteiger partial charge in [0.2, 0.25) is 5.96 Å². The fraction of sp³-hybridized carbons (Fsp3) is 0.857.